The highest BCUT2D eigenvalue weighted by Gasteiger charge is 2.16. The number of aromatic nitrogens is 1. The first-order valence-corrected chi connectivity index (χ1v) is 7.63. The predicted molar refractivity (Wildman–Crippen MR) is 83.2 cm³/mol. The number of rotatable bonds is 5. The Morgan fingerprint density at radius 3 is 2.62 bits per heavy atom. The van der Waals surface area contributed by atoms with Gasteiger partial charge < -0.3 is 15.7 Å². The number of aliphatic hydroxyl groups is 1. The SMILES string of the molecule is Cc1csc(C(C)NC(=O)N[C@H](CO)c2ccccc2)n1. The van der Waals surface area contributed by atoms with Gasteiger partial charge in [-0.3, -0.25) is 0 Å². The van der Waals surface area contributed by atoms with Crippen molar-refractivity contribution in [1.82, 2.24) is 15.6 Å². The van der Waals surface area contributed by atoms with Crippen LogP contribution in [0.2, 0.25) is 0 Å². The number of carbonyl (C=O) groups is 1. The quantitative estimate of drug-likeness (QED) is 0.794. The normalized spacial score (nSPS) is 13.5. The van der Waals surface area contributed by atoms with Crippen molar-refractivity contribution in [2.75, 3.05) is 6.61 Å². The molecule has 2 atom stereocenters. The Morgan fingerprint density at radius 2 is 2.05 bits per heavy atom. The van der Waals surface area contributed by atoms with Gasteiger partial charge in [-0.15, -0.1) is 11.3 Å². The van der Waals surface area contributed by atoms with Crippen LogP contribution in [0, 0.1) is 6.92 Å². The van der Waals surface area contributed by atoms with Crippen molar-refractivity contribution in [3.8, 4) is 0 Å². The average Bonchev–Trinajstić information content (AvgIpc) is 2.92. The van der Waals surface area contributed by atoms with Crippen molar-refractivity contribution < 1.29 is 9.90 Å². The molecule has 21 heavy (non-hydrogen) atoms. The van der Waals surface area contributed by atoms with Gasteiger partial charge in [-0.05, 0) is 19.4 Å². The minimum absolute atomic E-state index is 0.151. The molecule has 0 radical (unpaired) electrons. The van der Waals surface area contributed by atoms with Crippen molar-refractivity contribution >= 4 is 17.4 Å². The first-order chi connectivity index (χ1) is 10.1. The van der Waals surface area contributed by atoms with E-state index in [0.717, 1.165) is 16.3 Å². The summed E-state index contributed by atoms with van der Waals surface area (Å²) in [4.78, 5) is 16.4. The molecular weight excluding hydrogens is 286 g/mol. The van der Waals surface area contributed by atoms with Gasteiger partial charge in [-0.25, -0.2) is 9.78 Å². The van der Waals surface area contributed by atoms with Gasteiger partial charge >= 0.3 is 6.03 Å². The number of aryl methyl sites for hydroxylation is 1. The summed E-state index contributed by atoms with van der Waals surface area (Å²) in [7, 11) is 0. The maximum atomic E-state index is 12.0. The molecule has 0 bridgehead atoms. The zero-order chi connectivity index (χ0) is 15.2. The van der Waals surface area contributed by atoms with E-state index in [1.54, 1.807) is 0 Å². The lowest BCUT2D eigenvalue weighted by molar-refractivity contribution is 0.214. The summed E-state index contributed by atoms with van der Waals surface area (Å²) in [5.74, 6) is 0. The van der Waals surface area contributed by atoms with Crippen LogP contribution in [-0.2, 0) is 0 Å². The minimum atomic E-state index is -0.420. The van der Waals surface area contributed by atoms with Crippen LogP contribution >= 0.6 is 11.3 Å². The van der Waals surface area contributed by atoms with Crippen molar-refractivity contribution in [2.45, 2.75) is 25.9 Å². The second kappa shape index (κ2) is 7.19. The van der Waals surface area contributed by atoms with Gasteiger partial charge in [0.2, 0.25) is 0 Å². The Labute approximate surface area is 128 Å². The molecule has 0 aliphatic carbocycles. The number of amides is 2. The Balaban J connectivity index is 1.94. The van der Waals surface area contributed by atoms with E-state index < -0.39 is 6.04 Å². The minimum Gasteiger partial charge on any atom is -0.394 e. The van der Waals surface area contributed by atoms with Gasteiger partial charge in [0.25, 0.3) is 0 Å². The number of hydrogen-bond donors (Lipinski definition) is 3. The molecule has 2 rings (SSSR count). The van der Waals surface area contributed by atoms with E-state index in [1.165, 1.54) is 11.3 Å². The molecule has 1 aromatic carbocycles. The molecule has 0 spiro atoms. The number of thiazole rings is 1. The van der Waals surface area contributed by atoms with Crippen molar-refractivity contribution in [3.63, 3.8) is 0 Å². The lowest BCUT2D eigenvalue weighted by Gasteiger charge is -2.19. The second-order valence-electron chi connectivity index (χ2n) is 4.81. The van der Waals surface area contributed by atoms with Crippen molar-refractivity contribution in [3.05, 3.63) is 52.0 Å². The Kier molecular flexibility index (Phi) is 5.30. The third-order valence-electron chi connectivity index (χ3n) is 3.04. The lowest BCUT2D eigenvalue weighted by atomic mass is 10.1. The maximum absolute atomic E-state index is 12.0. The number of benzene rings is 1. The highest BCUT2D eigenvalue weighted by Crippen LogP contribution is 2.17. The summed E-state index contributed by atoms with van der Waals surface area (Å²) < 4.78 is 0. The summed E-state index contributed by atoms with van der Waals surface area (Å²) in [5, 5.41) is 17.8. The number of nitrogens with one attached hydrogen (secondary N) is 2. The maximum Gasteiger partial charge on any atom is 0.315 e. The average molecular weight is 305 g/mol. The number of carbonyl (C=O) groups excluding carboxylic acids is 1. The van der Waals surface area contributed by atoms with Crippen LogP contribution < -0.4 is 10.6 Å². The topological polar surface area (TPSA) is 74.2 Å². The predicted octanol–water partition coefficient (Wildman–Crippen LogP) is 2.55. The molecule has 2 amide bonds. The third-order valence-corrected chi connectivity index (χ3v) is 4.19. The summed E-state index contributed by atoms with van der Waals surface area (Å²) in [6.45, 7) is 3.65. The van der Waals surface area contributed by atoms with Crippen LogP contribution in [0.3, 0.4) is 0 Å². The van der Waals surface area contributed by atoms with E-state index in [2.05, 4.69) is 15.6 Å². The zero-order valence-electron chi connectivity index (χ0n) is 12.0. The molecule has 6 heteroatoms. The van der Waals surface area contributed by atoms with Gasteiger partial charge in [0.15, 0.2) is 0 Å². The Morgan fingerprint density at radius 1 is 1.33 bits per heavy atom. The lowest BCUT2D eigenvalue weighted by Crippen LogP contribution is -2.40. The Bertz CT molecular complexity index is 586. The first kappa shape index (κ1) is 15.5. The fourth-order valence-corrected chi connectivity index (χ4v) is 2.75. The molecule has 0 aliphatic heterocycles. The second-order valence-corrected chi connectivity index (χ2v) is 5.70. The highest BCUT2D eigenvalue weighted by molar-refractivity contribution is 7.09. The van der Waals surface area contributed by atoms with E-state index in [-0.39, 0.29) is 18.7 Å². The molecule has 112 valence electrons. The van der Waals surface area contributed by atoms with Gasteiger partial charge in [-0.1, -0.05) is 30.3 Å². The summed E-state index contributed by atoms with van der Waals surface area (Å²) in [6, 6.07) is 8.47. The molecule has 3 N–H and O–H groups in total. The summed E-state index contributed by atoms with van der Waals surface area (Å²) in [5.41, 5.74) is 1.81. The largest absolute Gasteiger partial charge is 0.394 e. The van der Waals surface area contributed by atoms with Crippen LogP contribution in [0.4, 0.5) is 4.79 Å². The third kappa shape index (κ3) is 4.27. The molecular formula is C15H19N3O2S. The molecule has 1 heterocycles. The van der Waals surface area contributed by atoms with Gasteiger partial charge in [0.1, 0.15) is 5.01 Å². The van der Waals surface area contributed by atoms with Crippen LogP contribution in [-0.4, -0.2) is 22.7 Å². The van der Waals surface area contributed by atoms with E-state index in [4.69, 9.17) is 0 Å². The van der Waals surface area contributed by atoms with Crippen LogP contribution in [0.1, 0.15) is 35.3 Å². The summed E-state index contributed by atoms with van der Waals surface area (Å²) >= 11 is 1.52. The summed E-state index contributed by atoms with van der Waals surface area (Å²) in [6.07, 6.45) is 0. The van der Waals surface area contributed by atoms with E-state index in [0.29, 0.717) is 0 Å². The van der Waals surface area contributed by atoms with Gasteiger partial charge in [0.05, 0.1) is 18.7 Å². The van der Waals surface area contributed by atoms with Crippen molar-refractivity contribution in [2.24, 2.45) is 0 Å². The fourth-order valence-electron chi connectivity index (χ4n) is 1.95. The van der Waals surface area contributed by atoms with Crippen LogP contribution in [0.25, 0.3) is 0 Å². The van der Waals surface area contributed by atoms with Gasteiger partial charge in [0, 0.05) is 11.1 Å². The first-order valence-electron chi connectivity index (χ1n) is 6.75. The van der Waals surface area contributed by atoms with E-state index in [9.17, 15) is 9.90 Å². The molecule has 1 aromatic heterocycles. The molecule has 1 unspecified atom stereocenters. The molecule has 0 saturated heterocycles. The monoisotopic (exact) mass is 305 g/mol. The Hall–Kier alpha value is -1.92. The molecule has 0 aliphatic rings. The van der Waals surface area contributed by atoms with Gasteiger partial charge in [-0.2, -0.15) is 0 Å². The number of hydrogen-bond acceptors (Lipinski definition) is 4. The molecule has 5 nitrogen and oxygen atoms in total. The van der Waals surface area contributed by atoms with Crippen LogP contribution in [0.15, 0.2) is 35.7 Å². The van der Waals surface area contributed by atoms with Crippen LogP contribution in [0.5, 0.6) is 0 Å². The standard InChI is InChI=1S/C15H19N3O2S/c1-10-9-21-14(16-10)11(2)17-15(20)18-13(8-19)12-6-4-3-5-7-12/h3-7,9,11,13,19H,8H2,1-2H3,(H2,17,18,20)/t11?,13-/m1/s1. The highest BCUT2D eigenvalue weighted by atomic mass is 32.1. The fraction of sp³-hybridized carbons (Fsp3) is 0.333. The number of urea groups is 1. The molecule has 2 aromatic rings. The number of aliphatic hydroxyl groups excluding tert-OH is 1. The molecule has 0 fully saturated rings. The van der Waals surface area contributed by atoms with E-state index >= 15 is 0 Å². The zero-order valence-corrected chi connectivity index (χ0v) is 12.9. The van der Waals surface area contributed by atoms with Crippen molar-refractivity contribution in [1.29, 1.82) is 0 Å². The number of nitrogens with zero attached hydrogens (tertiary/aromatic N) is 1. The van der Waals surface area contributed by atoms with E-state index in [1.807, 2.05) is 49.6 Å². The molecule has 0 saturated carbocycles. The smallest absolute Gasteiger partial charge is 0.315 e.